The largest absolute Gasteiger partial charge is 0.465 e. The number of Topliss-reactive ketones (excluding diaryl/α,β-unsaturated/α-hetero) is 1. The number of rotatable bonds is 4. The predicted octanol–water partition coefficient (Wildman–Crippen LogP) is 3.80. The maximum absolute atomic E-state index is 13.1. The van der Waals surface area contributed by atoms with E-state index in [-0.39, 0.29) is 34.0 Å². The van der Waals surface area contributed by atoms with E-state index in [1.54, 1.807) is 0 Å². The summed E-state index contributed by atoms with van der Waals surface area (Å²) in [4.78, 5) is 36.8. The van der Waals surface area contributed by atoms with E-state index in [1.165, 1.54) is 51.5 Å². The van der Waals surface area contributed by atoms with Gasteiger partial charge in [0.25, 0.3) is 0 Å². The second-order valence-electron chi connectivity index (χ2n) is 8.35. The van der Waals surface area contributed by atoms with Crippen molar-refractivity contribution < 1.29 is 23.9 Å². The normalized spacial score (nSPS) is 31.5. The van der Waals surface area contributed by atoms with Crippen molar-refractivity contribution in [2.24, 2.45) is 23.2 Å². The van der Waals surface area contributed by atoms with Crippen LogP contribution in [0, 0.1) is 23.2 Å². The average molecular weight is 356 g/mol. The minimum atomic E-state index is -0.522. The van der Waals surface area contributed by atoms with Gasteiger partial charge in [0, 0.05) is 0 Å². The van der Waals surface area contributed by atoms with Crippen molar-refractivity contribution in [1.29, 1.82) is 0 Å². The third kappa shape index (κ3) is 2.83. The molecule has 4 bridgehead atoms. The minimum absolute atomic E-state index is 0.204. The highest BCUT2D eigenvalue weighted by Crippen LogP contribution is 2.60. The second-order valence-corrected chi connectivity index (χ2v) is 8.35. The Kier molecular flexibility index (Phi) is 4.13. The van der Waals surface area contributed by atoms with Crippen molar-refractivity contribution >= 4 is 17.7 Å². The third-order valence-electron chi connectivity index (χ3n) is 6.45. The summed E-state index contributed by atoms with van der Waals surface area (Å²) in [5.74, 6) is 1.19. The molecule has 0 radical (unpaired) electrons. The molecule has 0 atom stereocenters. The molecule has 0 aliphatic heterocycles. The molecule has 4 aliphatic carbocycles. The molecule has 1 aromatic rings. The lowest BCUT2D eigenvalue weighted by Crippen LogP contribution is -2.51. The van der Waals surface area contributed by atoms with Crippen LogP contribution in [0.5, 0.6) is 5.75 Å². The van der Waals surface area contributed by atoms with E-state index in [2.05, 4.69) is 0 Å². The molecule has 5 rings (SSSR count). The molecule has 0 saturated heterocycles. The number of ether oxygens (including phenoxy) is 2. The summed E-state index contributed by atoms with van der Waals surface area (Å²) in [5, 5.41) is 0. The first-order valence-electron chi connectivity index (χ1n) is 9.36. The Morgan fingerprint density at radius 2 is 1.58 bits per heavy atom. The molecule has 0 aromatic heterocycles. The van der Waals surface area contributed by atoms with Gasteiger partial charge in [-0.2, -0.15) is 0 Å². The first-order valence-corrected chi connectivity index (χ1v) is 9.36. The Morgan fingerprint density at radius 3 is 2.08 bits per heavy atom. The fourth-order valence-electron chi connectivity index (χ4n) is 5.71. The first-order chi connectivity index (χ1) is 12.4. The van der Waals surface area contributed by atoms with E-state index in [1.807, 2.05) is 0 Å². The highest BCUT2D eigenvalue weighted by molar-refractivity contribution is 6.00. The first kappa shape index (κ1) is 17.3. The van der Waals surface area contributed by atoms with Crippen LogP contribution in [-0.2, 0) is 9.53 Å². The number of esters is 2. The van der Waals surface area contributed by atoms with Gasteiger partial charge in [0.05, 0.1) is 23.7 Å². The molecule has 138 valence electrons. The summed E-state index contributed by atoms with van der Waals surface area (Å²) < 4.78 is 10.4. The van der Waals surface area contributed by atoms with Gasteiger partial charge in [0.1, 0.15) is 5.75 Å². The number of carbonyl (C=O) groups is 3. The van der Waals surface area contributed by atoms with Crippen molar-refractivity contribution in [3.05, 3.63) is 29.3 Å². The third-order valence-corrected chi connectivity index (χ3v) is 6.45. The summed E-state index contributed by atoms with van der Waals surface area (Å²) >= 11 is 0. The van der Waals surface area contributed by atoms with Crippen LogP contribution in [0.3, 0.4) is 0 Å². The molecule has 5 heteroatoms. The quantitative estimate of drug-likeness (QED) is 0.466. The number of hydrogen-bond donors (Lipinski definition) is 0. The van der Waals surface area contributed by atoms with Gasteiger partial charge >= 0.3 is 11.9 Å². The smallest absolute Gasteiger partial charge is 0.337 e. The average Bonchev–Trinajstić information content (AvgIpc) is 2.60. The number of carbonyl (C=O) groups excluding carboxylic acids is 3. The Balaban J connectivity index is 1.60. The van der Waals surface area contributed by atoms with Gasteiger partial charge in [-0.3, -0.25) is 9.59 Å². The Bertz CT molecular complexity index is 743. The zero-order valence-electron chi connectivity index (χ0n) is 15.2. The van der Waals surface area contributed by atoms with Crippen LogP contribution >= 0.6 is 0 Å². The van der Waals surface area contributed by atoms with Gasteiger partial charge in [-0.05, 0) is 81.4 Å². The fraction of sp³-hybridized carbons (Fsp3) is 0.571. The number of methoxy groups -OCH3 is 1. The number of hydrogen-bond acceptors (Lipinski definition) is 5. The second kappa shape index (κ2) is 6.22. The maximum atomic E-state index is 13.1. The molecule has 26 heavy (non-hydrogen) atoms. The maximum Gasteiger partial charge on any atom is 0.337 e. The summed E-state index contributed by atoms with van der Waals surface area (Å²) in [5.41, 5.74) is 0.127. The summed E-state index contributed by atoms with van der Waals surface area (Å²) in [7, 11) is 1.29. The van der Waals surface area contributed by atoms with Crippen molar-refractivity contribution in [2.75, 3.05) is 7.11 Å². The molecule has 0 N–H and O–H groups in total. The lowest BCUT2D eigenvalue weighted by molar-refractivity contribution is -0.161. The Morgan fingerprint density at radius 1 is 1.00 bits per heavy atom. The van der Waals surface area contributed by atoms with Crippen LogP contribution in [0.1, 0.15) is 66.2 Å². The van der Waals surface area contributed by atoms with E-state index in [9.17, 15) is 14.4 Å². The van der Waals surface area contributed by atoms with Gasteiger partial charge in [-0.25, -0.2) is 4.79 Å². The van der Waals surface area contributed by atoms with Crippen LogP contribution in [0.2, 0.25) is 0 Å². The standard InChI is InChI=1S/C21H24O5/c1-12(22)17-8-16(19(23)25-2)3-4-18(17)26-20(24)21-9-13-5-14(10-21)7-15(6-13)11-21/h3-4,8,13-15H,5-7,9-11H2,1-2H3. The van der Waals surface area contributed by atoms with Gasteiger partial charge in [0.2, 0.25) is 0 Å². The van der Waals surface area contributed by atoms with E-state index in [0.717, 1.165) is 19.3 Å². The van der Waals surface area contributed by atoms with Gasteiger partial charge in [-0.15, -0.1) is 0 Å². The molecule has 0 heterocycles. The molecule has 4 saturated carbocycles. The molecular weight excluding hydrogens is 332 g/mol. The van der Waals surface area contributed by atoms with Crippen molar-refractivity contribution in [1.82, 2.24) is 0 Å². The van der Waals surface area contributed by atoms with Crippen molar-refractivity contribution in [3.63, 3.8) is 0 Å². The number of ketones is 1. The summed E-state index contributed by atoms with van der Waals surface area (Å²) in [6.07, 6.45) is 6.48. The molecule has 4 aliphatic rings. The highest BCUT2D eigenvalue weighted by Gasteiger charge is 2.55. The van der Waals surface area contributed by atoms with Crippen LogP contribution < -0.4 is 4.74 Å². The van der Waals surface area contributed by atoms with Crippen molar-refractivity contribution in [3.8, 4) is 5.75 Å². The van der Waals surface area contributed by atoms with Crippen LogP contribution in [0.15, 0.2) is 18.2 Å². The lowest BCUT2D eigenvalue weighted by Gasteiger charge is -2.55. The predicted molar refractivity (Wildman–Crippen MR) is 94.0 cm³/mol. The lowest BCUT2D eigenvalue weighted by atomic mass is 9.49. The summed E-state index contributed by atoms with van der Waals surface area (Å²) in [6, 6.07) is 4.50. The Hall–Kier alpha value is -2.17. The molecule has 5 nitrogen and oxygen atoms in total. The van der Waals surface area contributed by atoms with Crippen LogP contribution in [0.4, 0.5) is 0 Å². The van der Waals surface area contributed by atoms with Crippen molar-refractivity contribution in [2.45, 2.75) is 45.4 Å². The van der Waals surface area contributed by atoms with Gasteiger partial charge in [0.15, 0.2) is 5.78 Å². The van der Waals surface area contributed by atoms with E-state index >= 15 is 0 Å². The SMILES string of the molecule is COC(=O)c1ccc(OC(=O)C23CC4CC(CC(C4)C2)C3)c(C(C)=O)c1. The topological polar surface area (TPSA) is 69.7 Å². The van der Waals surface area contributed by atoms with Crippen LogP contribution in [0.25, 0.3) is 0 Å². The minimum Gasteiger partial charge on any atom is -0.465 e. The molecule has 0 spiro atoms. The molecular formula is C21H24O5. The molecule has 0 amide bonds. The van der Waals surface area contributed by atoms with E-state index < -0.39 is 5.97 Å². The van der Waals surface area contributed by atoms with E-state index in [4.69, 9.17) is 9.47 Å². The van der Waals surface area contributed by atoms with Gasteiger partial charge < -0.3 is 9.47 Å². The van der Waals surface area contributed by atoms with Crippen LogP contribution in [-0.4, -0.2) is 24.8 Å². The molecule has 1 aromatic carbocycles. The molecule has 4 fully saturated rings. The zero-order chi connectivity index (χ0) is 18.5. The monoisotopic (exact) mass is 356 g/mol. The fourth-order valence-corrected chi connectivity index (χ4v) is 5.71. The summed E-state index contributed by atoms with van der Waals surface area (Å²) in [6.45, 7) is 1.40. The van der Waals surface area contributed by atoms with Gasteiger partial charge in [-0.1, -0.05) is 0 Å². The zero-order valence-corrected chi connectivity index (χ0v) is 15.2. The molecule has 0 unspecified atom stereocenters. The Labute approximate surface area is 153 Å². The highest BCUT2D eigenvalue weighted by atomic mass is 16.5. The van der Waals surface area contributed by atoms with E-state index in [0.29, 0.717) is 17.8 Å². The number of benzene rings is 1.